The van der Waals surface area contributed by atoms with Crippen LogP contribution < -0.4 is 4.74 Å². The fraction of sp³-hybridized carbons (Fsp3) is 0.739. The van der Waals surface area contributed by atoms with Gasteiger partial charge in [0, 0.05) is 25.3 Å². The molecule has 2 heterocycles. The topological polar surface area (TPSA) is 62.2 Å². The molecule has 3 aliphatic carbocycles. The Morgan fingerprint density at radius 3 is 2.79 bits per heavy atom. The molecule has 2 saturated carbocycles. The van der Waals surface area contributed by atoms with Gasteiger partial charge in [0.2, 0.25) is 0 Å². The van der Waals surface area contributed by atoms with Gasteiger partial charge < -0.3 is 19.7 Å². The summed E-state index contributed by atoms with van der Waals surface area (Å²) in [4.78, 5) is 2.58. The Hall–Kier alpha value is -1.30. The molecule has 0 aromatic heterocycles. The van der Waals surface area contributed by atoms with E-state index in [1.807, 2.05) is 0 Å². The molecule has 5 aliphatic rings. The molecular formula is C23H31NO4. The van der Waals surface area contributed by atoms with E-state index in [2.05, 4.69) is 17.9 Å². The average molecular weight is 386 g/mol. The molecule has 1 unspecified atom stereocenters. The second kappa shape index (κ2) is 5.44. The molecule has 3 fully saturated rings. The third-order valence-corrected chi connectivity index (χ3v) is 9.06. The van der Waals surface area contributed by atoms with Crippen molar-refractivity contribution in [3.63, 3.8) is 0 Å². The average Bonchev–Trinajstić information content (AvgIpc) is 3.01. The van der Waals surface area contributed by atoms with Crippen molar-refractivity contribution in [2.45, 2.75) is 80.6 Å². The summed E-state index contributed by atoms with van der Waals surface area (Å²) in [5.74, 6) is 1.58. The van der Waals surface area contributed by atoms with Gasteiger partial charge in [0.1, 0.15) is 11.7 Å². The number of methoxy groups -OCH3 is 1. The summed E-state index contributed by atoms with van der Waals surface area (Å²) in [5.41, 5.74) is 0.529. The van der Waals surface area contributed by atoms with Gasteiger partial charge in [0.05, 0.1) is 11.0 Å². The van der Waals surface area contributed by atoms with E-state index in [1.54, 1.807) is 13.2 Å². The molecule has 5 nitrogen and oxygen atoms in total. The van der Waals surface area contributed by atoms with Gasteiger partial charge in [-0.05, 0) is 69.5 Å². The van der Waals surface area contributed by atoms with Crippen LogP contribution in [0.5, 0.6) is 11.5 Å². The Morgan fingerprint density at radius 1 is 1.25 bits per heavy atom. The van der Waals surface area contributed by atoms with Crippen LogP contribution in [-0.4, -0.2) is 58.7 Å². The lowest BCUT2D eigenvalue weighted by atomic mass is 9.46. The fourth-order valence-corrected chi connectivity index (χ4v) is 7.28. The summed E-state index contributed by atoms with van der Waals surface area (Å²) >= 11 is 0. The number of rotatable bonds is 3. The highest BCUT2D eigenvalue weighted by Gasteiger charge is 2.75. The molecule has 1 aromatic carbocycles. The number of ether oxygens (including phenoxy) is 2. The van der Waals surface area contributed by atoms with Gasteiger partial charge in [-0.3, -0.25) is 4.90 Å². The van der Waals surface area contributed by atoms with E-state index in [0.29, 0.717) is 5.75 Å². The summed E-state index contributed by atoms with van der Waals surface area (Å²) < 4.78 is 12.5. The van der Waals surface area contributed by atoms with Crippen molar-refractivity contribution in [3.05, 3.63) is 23.3 Å². The van der Waals surface area contributed by atoms with E-state index in [9.17, 15) is 10.2 Å². The highest BCUT2D eigenvalue weighted by Crippen LogP contribution is 2.67. The Morgan fingerprint density at radius 2 is 2.07 bits per heavy atom. The van der Waals surface area contributed by atoms with Crippen LogP contribution in [0.1, 0.15) is 56.6 Å². The van der Waals surface area contributed by atoms with Crippen LogP contribution in [-0.2, 0) is 16.6 Å². The predicted molar refractivity (Wildman–Crippen MR) is 105 cm³/mol. The molecule has 2 bridgehead atoms. The molecule has 6 rings (SSSR count). The number of hydrogen-bond donors (Lipinski definition) is 2. The number of piperidine rings is 1. The number of nitrogens with zero attached hydrogens (tertiary/aromatic N) is 1. The van der Waals surface area contributed by atoms with Gasteiger partial charge in [0.25, 0.3) is 0 Å². The van der Waals surface area contributed by atoms with Crippen LogP contribution in [0.25, 0.3) is 0 Å². The zero-order valence-electron chi connectivity index (χ0n) is 16.9. The van der Waals surface area contributed by atoms with Crippen LogP contribution >= 0.6 is 0 Å². The standard InChI is InChI=1S/C23H31NO4/c1-21(27-2)8-9-23(26)17-12-15-6-7-16(25)19-18(15)22(23,20(21)28-19)10-11-24(17)13-14-4-3-5-14/h6-7,14,17,20,25-26H,3-5,8-13H2,1-2H3/t17-,20+,21?,22+,23-/m1/s1. The second-order valence-corrected chi connectivity index (χ2v) is 10.1. The second-order valence-electron chi connectivity index (χ2n) is 10.1. The molecule has 5 atom stereocenters. The normalized spacial score (nSPS) is 44.0. The number of benzene rings is 1. The van der Waals surface area contributed by atoms with Crippen molar-refractivity contribution in [2.24, 2.45) is 5.92 Å². The van der Waals surface area contributed by atoms with Crippen LogP contribution in [0.2, 0.25) is 0 Å². The third kappa shape index (κ3) is 1.85. The number of likely N-dealkylation sites (tertiary alicyclic amines) is 1. The molecule has 1 saturated heterocycles. The van der Waals surface area contributed by atoms with Crippen LogP contribution in [0, 0.1) is 5.92 Å². The summed E-state index contributed by atoms with van der Waals surface area (Å²) in [6, 6.07) is 3.94. The number of aromatic hydroxyl groups is 1. The lowest BCUT2D eigenvalue weighted by Gasteiger charge is -2.66. The van der Waals surface area contributed by atoms with Gasteiger partial charge in [-0.15, -0.1) is 0 Å². The first-order valence-corrected chi connectivity index (χ1v) is 11.0. The van der Waals surface area contributed by atoms with E-state index in [-0.39, 0.29) is 17.9 Å². The lowest BCUT2D eigenvalue weighted by molar-refractivity contribution is -0.238. The van der Waals surface area contributed by atoms with E-state index >= 15 is 0 Å². The summed E-state index contributed by atoms with van der Waals surface area (Å²) in [6.07, 6.45) is 6.93. The Labute approximate surface area is 166 Å². The Balaban J connectivity index is 1.53. The summed E-state index contributed by atoms with van der Waals surface area (Å²) in [6.45, 7) is 4.20. The highest BCUT2D eigenvalue weighted by atomic mass is 16.6. The lowest BCUT2D eigenvalue weighted by Crippen LogP contribution is -2.79. The molecular weight excluding hydrogens is 354 g/mol. The van der Waals surface area contributed by atoms with Gasteiger partial charge in [-0.2, -0.15) is 0 Å². The number of aliphatic hydroxyl groups is 1. The zero-order valence-corrected chi connectivity index (χ0v) is 16.9. The number of phenolic OH excluding ortho intramolecular Hbond substituents is 1. The smallest absolute Gasteiger partial charge is 0.165 e. The molecule has 5 heteroatoms. The molecule has 2 N–H and O–H groups in total. The van der Waals surface area contributed by atoms with Gasteiger partial charge in [-0.1, -0.05) is 12.5 Å². The van der Waals surface area contributed by atoms with Crippen molar-refractivity contribution in [1.29, 1.82) is 0 Å². The molecule has 2 aliphatic heterocycles. The highest BCUT2D eigenvalue weighted by molar-refractivity contribution is 5.62. The van der Waals surface area contributed by atoms with Crippen molar-refractivity contribution >= 4 is 0 Å². The number of phenols is 1. The minimum atomic E-state index is -0.830. The number of hydrogen-bond acceptors (Lipinski definition) is 5. The van der Waals surface area contributed by atoms with Gasteiger partial charge in [-0.25, -0.2) is 0 Å². The molecule has 28 heavy (non-hydrogen) atoms. The van der Waals surface area contributed by atoms with Crippen molar-refractivity contribution < 1.29 is 19.7 Å². The fourth-order valence-electron chi connectivity index (χ4n) is 7.28. The van der Waals surface area contributed by atoms with Crippen molar-refractivity contribution in [1.82, 2.24) is 4.90 Å². The predicted octanol–water partition coefficient (Wildman–Crippen LogP) is 2.75. The maximum Gasteiger partial charge on any atom is 0.165 e. The van der Waals surface area contributed by atoms with Crippen molar-refractivity contribution in [2.75, 3.05) is 20.2 Å². The quantitative estimate of drug-likeness (QED) is 0.838. The molecule has 1 spiro atoms. The molecule has 0 amide bonds. The largest absolute Gasteiger partial charge is 0.504 e. The first-order chi connectivity index (χ1) is 13.4. The minimum Gasteiger partial charge on any atom is -0.504 e. The Kier molecular flexibility index (Phi) is 3.41. The van der Waals surface area contributed by atoms with Crippen LogP contribution in [0.4, 0.5) is 0 Å². The molecule has 152 valence electrons. The molecule has 0 radical (unpaired) electrons. The van der Waals surface area contributed by atoms with E-state index in [1.165, 1.54) is 24.8 Å². The molecule has 1 aromatic rings. The summed E-state index contributed by atoms with van der Waals surface area (Å²) in [5, 5.41) is 22.9. The monoisotopic (exact) mass is 385 g/mol. The SMILES string of the molecule is COC1(C)CC[C@@]2(O)[C@H]3Cc4ccc(O)c5c4[C@@]2(CCN3CC2CCC2)[C@H]1O5. The van der Waals surface area contributed by atoms with E-state index in [4.69, 9.17) is 9.47 Å². The van der Waals surface area contributed by atoms with E-state index in [0.717, 1.165) is 50.3 Å². The minimum absolute atomic E-state index is 0.123. The van der Waals surface area contributed by atoms with Gasteiger partial charge >= 0.3 is 0 Å². The first-order valence-electron chi connectivity index (χ1n) is 11.0. The maximum absolute atomic E-state index is 12.3. The Bertz CT molecular complexity index is 838. The maximum atomic E-state index is 12.3. The van der Waals surface area contributed by atoms with Gasteiger partial charge in [0.15, 0.2) is 11.5 Å². The summed E-state index contributed by atoms with van der Waals surface area (Å²) in [7, 11) is 1.75. The van der Waals surface area contributed by atoms with E-state index < -0.39 is 16.6 Å². The van der Waals surface area contributed by atoms with Crippen LogP contribution in [0.15, 0.2) is 12.1 Å². The third-order valence-electron chi connectivity index (χ3n) is 9.06. The zero-order chi connectivity index (χ0) is 19.3. The van der Waals surface area contributed by atoms with Crippen molar-refractivity contribution in [3.8, 4) is 11.5 Å². The van der Waals surface area contributed by atoms with Crippen LogP contribution in [0.3, 0.4) is 0 Å². The first kappa shape index (κ1) is 17.5.